The van der Waals surface area contributed by atoms with Crippen LogP contribution < -0.4 is 5.32 Å². The van der Waals surface area contributed by atoms with Gasteiger partial charge in [-0.25, -0.2) is 0 Å². The average molecular weight is 391 g/mol. The Kier molecular flexibility index (Phi) is 6.86. The molecule has 1 fully saturated rings. The number of benzene rings is 2. The van der Waals surface area contributed by atoms with Gasteiger partial charge in [-0.05, 0) is 36.0 Å². The number of hydrogen-bond donors (Lipinski definition) is 1. The molecule has 2 amide bonds. The van der Waals surface area contributed by atoms with E-state index < -0.39 is 5.41 Å². The first-order valence-electron chi connectivity index (χ1n) is 10.4. The van der Waals surface area contributed by atoms with Crippen LogP contribution in [-0.4, -0.2) is 36.3 Å². The van der Waals surface area contributed by atoms with Crippen molar-refractivity contribution >= 4 is 11.8 Å². The minimum atomic E-state index is -0.597. The molecule has 152 valence electrons. The number of nitrogens with zero attached hydrogens (tertiary/aromatic N) is 1. The topological polar surface area (TPSA) is 49.4 Å². The summed E-state index contributed by atoms with van der Waals surface area (Å²) in [5.41, 5.74) is 2.85. The maximum atomic E-state index is 13.1. The van der Waals surface area contributed by atoms with Crippen LogP contribution in [0.25, 0.3) is 11.1 Å². The highest BCUT2D eigenvalue weighted by atomic mass is 16.2. The second kappa shape index (κ2) is 9.55. The molecular formula is C25H30N2O2. The summed E-state index contributed by atoms with van der Waals surface area (Å²) in [5, 5.41) is 2.98. The first-order chi connectivity index (χ1) is 14.1. The standard InChI is InChI=1S/C25H30N2O2/c1-3-16-26-24(29)25(15-8-17-27(19-25)23(28)4-2)18-20-11-13-22(14-12-20)21-9-6-5-7-10-21/h3,5-7,9-14H,1,4,8,15-19H2,2H3,(H,26,29)/t25-/m1/s1. The highest BCUT2D eigenvalue weighted by Gasteiger charge is 2.43. The molecule has 0 radical (unpaired) electrons. The fraction of sp³-hybridized carbons (Fsp3) is 0.360. The summed E-state index contributed by atoms with van der Waals surface area (Å²) in [7, 11) is 0. The molecule has 0 spiro atoms. The second-order valence-corrected chi connectivity index (χ2v) is 7.79. The monoisotopic (exact) mass is 390 g/mol. The number of carbonyl (C=O) groups is 2. The molecule has 29 heavy (non-hydrogen) atoms. The van der Waals surface area contributed by atoms with Gasteiger partial charge in [-0.1, -0.05) is 67.6 Å². The lowest BCUT2D eigenvalue weighted by molar-refractivity contribution is -0.141. The van der Waals surface area contributed by atoms with Crippen molar-refractivity contribution in [2.45, 2.75) is 32.6 Å². The largest absolute Gasteiger partial charge is 0.352 e. The van der Waals surface area contributed by atoms with Crippen molar-refractivity contribution in [3.8, 4) is 11.1 Å². The molecule has 1 heterocycles. The smallest absolute Gasteiger partial charge is 0.228 e. The van der Waals surface area contributed by atoms with Crippen molar-refractivity contribution < 1.29 is 9.59 Å². The molecule has 4 nitrogen and oxygen atoms in total. The van der Waals surface area contributed by atoms with E-state index in [4.69, 9.17) is 0 Å². The Bertz CT molecular complexity index is 845. The summed E-state index contributed by atoms with van der Waals surface area (Å²) in [5.74, 6) is 0.128. The average Bonchev–Trinajstić information content (AvgIpc) is 2.78. The number of hydrogen-bond acceptors (Lipinski definition) is 2. The molecule has 4 heteroatoms. The van der Waals surface area contributed by atoms with Gasteiger partial charge in [0.15, 0.2) is 0 Å². The van der Waals surface area contributed by atoms with Crippen molar-refractivity contribution in [2.75, 3.05) is 19.6 Å². The third kappa shape index (κ3) is 4.94. The molecule has 1 N–H and O–H groups in total. The van der Waals surface area contributed by atoms with Crippen LogP contribution in [0, 0.1) is 5.41 Å². The molecule has 0 aromatic heterocycles. The normalized spacial score (nSPS) is 18.9. The first kappa shape index (κ1) is 20.8. The van der Waals surface area contributed by atoms with Gasteiger partial charge >= 0.3 is 0 Å². The molecule has 3 rings (SSSR count). The van der Waals surface area contributed by atoms with E-state index in [9.17, 15) is 9.59 Å². The van der Waals surface area contributed by atoms with Gasteiger partial charge in [-0.15, -0.1) is 6.58 Å². The number of carbonyl (C=O) groups excluding carboxylic acids is 2. The third-order valence-electron chi connectivity index (χ3n) is 5.72. The van der Waals surface area contributed by atoms with Gasteiger partial charge in [-0.3, -0.25) is 9.59 Å². The van der Waals surface area contributed by atoms with Crippen LogP contribution in [0.15, 0.2) is 67.3 Å². The Morgan fingerprint density at radius 2 is 1.79 bits per heavy atom. The van der Waals surface area contributed by atoms with Crippen molar-refractivity contribution in [2.24, 2.45) is 5.41 Å². The quantitative estimate of drug-likeness (QED) is 0.720. The highest BCUT2D eigenvalue weighted by Crippen LogP contribution is 2.35. The van der Waals surface area contributed by atoms with E-state index in [2.05, 4.69) is 48.3 Å². The van der Waals surface area contributed by atoms with Gasteiger partial charge in [0.05, 0.1) is 5.41 Å². The fourth-order valence-corrected chi connectivity index (χ4v) is 4.17. The van der Waals surface area contributed by atoms with Gasteiger partial charge in [-0.2, -0.15) is 0 Å². The molecule has 2 aromatic rings. The van der Waals surface area contributed by atoms with Gasteiger partial charge in [0, 0.05) is 26.1 Å². The summed E-state index contributed by atoms with van der Waals surface area (Å²) >= 11 is 0. The summed E-state index contributed by atoms with van der Waals surface area (Å²) in [6.45, 7) is 7.22. The lowest BCUT2D eigenvalue weighted by atomic mass is 9.74. The maximum Gasteiger partial charge on any atom is 0.228 e. The van der Waals surface area contributed by atoms with E-state index in [0.717, 1.165) is 30.5 Å². The van der Waals surface area contributed by atoms with E-state index in [-0.39, 0.29) is 11.8 Å². The van der Waals surface area contributed by atoms with Crippen LogP contribution in [0.3, 0.4) is 0 Å². The van der Waals surface area contributed by atoms with E-state index >= 15 is 0 Å². The van der Waals surface area contributed by atoms with Crippen LogP contribution in [0.4, 0.5) is 0 Å². The van der Waals surface area contributed by atoms with Gasteiger partial charge in [0.2, 0.25) is 11.8 Å². The number of rotatable bonds is 7. The second-order valence-electron chi connectivity index (χ2n) is 7.79. The molecule has 0 bridgehead atoms. The minimum Gasteiger partial charge on any atom is -0.352 e. The third-order valence-corrected chi connectivity index (χ3v) is 5.72. The van der Waals surface area contributed by atoms with Crippen LogP contribution in [0.2, 0.25) is 0 Å². The van der Waals surface area contributed by atoms with Crippen LogP contribution in [-0.2, 0) is 16.0 Å². The van der Waals surface area contributed by atoms with E-state index in [1.807, 2.05) is 30.0 Å². The molecule has 0 aliphatic carbocycles. The zero-order chi connectivity index (χ0) is 20.7. The Balaban J connectivity index is 1.84. The Hall–Kier alpha value is -2.88. The molecule has 2 aromatic carbocycles. The summed E-state index contributed by atoms with van der Waals surface area (Å²) in [6, 6.07) is 18.7. The van der Waals surface area contributed by atoms with Crippen molar-refractivity contribution in [3.63, 3.8) is 0 Å². The van der Waals surface area contributed by atoms with Gasteiger partial charge in [0.25, 0.3) is 0 Å². The van der Waals surface area contributed by atoms with Gasteiger partial charge in [0.1, 0.15) is 0 Å². The summed E-state index contributed by atoms with van der Waals surface area (Å²) < 4.78 is 0. The predicted molar refractivity (Wildman–Crippen MR) is 117 cm³/mol. The number of piperidine rings is 1. The van der Waals surface area contributed by atoms with Crippen molar-refractivity contribution in [3.05, 3.63) is 72.8 Å². The van der Waals surface area contributed by atoms with Crippen molar-refractivity contribution in [1.82, 2.24) is 10.2 Å². The Morgan fingerprint density at radius 3 is 2.45 bits per heavy atom. The first-order valence-corrected chi connectivity index (χ1v) is 10.4. The SMILES string of the molecule is C=CCNC(=O)[C@@]1(Cc2ccc(-c3ccccc3)cc2)CCCN(C(=O)CC)C1. The zero-order valence-corrected chi connectivity index (χ0v) is 17.2. The van der Waals surface area contributed by atoms with E-state index in [1.165, 1.54) is 5.56 Å². The molecule has 1 aliphatic heterocycles. The summed E-state index contributed by atoms with van der Waals surface area (Å²) in [4.78, 5) is 27.3. The molecule has 1 aliphatic rings. The molecule has 0 unspecified atom stereocenters. The molecular weight excluding hydrogens is 360 g/mol. The predicted octanol–water partition coefficient (Wildman–Crippen LogP) is 4.22. The van der Waals surface area contributed by atoms with Crippen LogP contribution in [0.1, 0.15) is 31.7 Å². The lowest BCUT2D eigenvalue weighted by Crippen LogP contribution is -2.54. The zero-order valence-electron chi connectivity index (χ0n) is 17.2. The van der Waals surface area contributed by atoms with Crippen LogP contribution in [0.5, 0.6) is 0 Å². The minimum absolute atomic E-state index is 0.0122. The molecule has 0 saturated carbocycles. The summed E-state index contributed by atoms with van der Waals surface area (Å²) in [6.07, 6.45) is 4.41. The number of nitrogens with one attached hydrogen (secondary N) is 1. The highest BCUT2D eigenvalue weighted by molar-refractivity contribution is 5.85. The van der Waals surface area contributed by atoms with Gasteiger partial charge < -0.3 is 10.2 Å². The van der Waals surface area contributed by atoms with Crippen molar-refractivity contribution in [1.29, 1.82) is 0 Å². The van der Waals surface area contributed by atoms with Crippen LogP contribution >= 0.6 is 0 Å². The molecule has 1 atom stereocenters. The van der Waals surface area contributed by atoms with E-state index in [0.29, 0.717) is 25.9 Å². The number of amides is 2. The lowest BCUT2D eigenvalue weighted by Gasteiger charge is -2.42. The fourth-order valence-electron chi connectivity index (χ4n) is 4.17. The van der Waals surface area contributed by atoms with E-state index in [1.54, 1.807) is 6.08 Å². The maximum absolute atomic E-state index is 13.1. The Labute approximate surface area is 173 Å². The number of likely N-dealkylation sites (tertiary alicyclic amines) is 1. The Morgan fingerprint density at radius 1 is 1.10 bits per heavy atom. The molecule has 1 saturated heterocycles.